The molecule has 1 aromatic carbocycles. The minimum Gasteiger partial charge on any atom is -0.320 e. The van der Waals surface area contributed by atoms with Crippen molar-refractivity contribution in [3.05, 3.63) is 59.3 Å². The first kappa shape index (κ1) is 14.4. The van der Waals surface area contributed by atoms with Crippen LogP contribution in [0.5, 0.6) is 0 Å². The van der Waals surface area contributed by atoms with E-state index < -0.39 is 7.60 Å². The highest BCUT2D eigenvalue weighted by Gasteiger charge is 2.24. The van der Waals surface area contributed by atoms with E-state index in [0.29, 0.717) is 13.0 Å². The molecule has 0 spiro atoms. The van der Waals surface area contributed by atoms with Gasteiger partial charge in [0, 0.05) is 24.7 Å². The molecule has 6 heteroatoms. The standard InChI is InChI=1S/C15H17N2O3P/c18-21(19,20)15-7-6-12-10-16-13(9-14(12)17-15)8-11-4-2-1-3-5-11/h1-7,13,16H,8-10H2,(H2,18,19,20). The lowest BCUT2D eigenvalue weighted by atomic mass is 9.96. The van der Waals surface area contributed by atoms with Crippen LogP contribution in [0, 0.1) is 0 Å². The van der Waals surface area contributed by atoms with Gasteiger partial charge >= 0.3 is 7.60 Å². The van der Waals surface area contributed by atoms with Crippen LogP contribution in [0.4, 0.5) is 0 Å². The van der Waals surface area contributed by atoms with E-state index in [4.69, 9.17) is 0 Å². The fourth-order valence-corrected chi connectivity index (χ4v) is 3.14. The molecule has 0 aliphatic carbocycles. The Balaban J connectivity index is 1.79. The molecule has 3 N–H and O–H groups in total. The van der Waals surface area contributed by atoms with Crippen LogP contribution in [0.3, 0.4) is 0 Å². The minimum atomic E-state index is -4.28. The van der Waals surface area contributed by atoms with Gasteiger partial charge in [-0.1, -0.05) is 36.4 Å². The predicted octanol–water partition coefficient (Wildman–Crippen LogP) is 1.14. The molecule has 1 aromatic heterocycles. The number of rotatable bonds is 3. The molecule has 0 bridgehead atoms. The zero-order chi connectivity index (χ0) is 14.9. The third-order valence-corrected chi connectivity index (χ3v) is 4.54. The Kier molecular flexibility index (Phi) is 3.91. The zero-order valence-electron chi connectivity index (χ0n) is 11.4. The Labute approximate surface area is 123 Å². The monoisotopic (exact) mass is 304 g/mol. The summed E-state index contributed by atoms with van der Waals surface area (Å²) in [6.07, 6.45) is 1.56. The van der Waals surface area contributed by atoms with Gasteiger partial charge in [0.15, 0.2) is 5.44 Å². The molecule has 1 atom stereocenters. The van der Waals surface area contributed by atoms with E-state index >= 15 is 0 Å². The van der Waals surface area contributed by atoms with Crippen molar-refractivity contribution in [2.45, 2.75) is 25.4 Å². The van der Waals surface area contributed by atoms with Crippen LogP contribution >= 0.6 is 7.60 Å². The number of benzene rings is 1. The van der Waals surface area contributed by atoms with E-state index in [1.165, 1.54) is 11.6 Å². The van der Waals surface area contributed by atoms with Gasteiger partial charge in [-0.05, 0) is 23.6 Å². The second-order valence-corrected chi connectivity index (χ2v) is 6.84. The quantitative estimate of drug-likeness (QED) is 0.741. The van der Waals surface area contributed by atoms with Crippen molar-refractivity contribution in [1.82, 2.24) is 10.3 Å². The lowest BCUT2D eigenvalue weighted by Crippen LogP contribution is -2.38. The van der Waals surface area contributed by atoms with E-state index in [0.717, 1.165) is 17.7 Å². The summed E-state index contributed by atoms with van der Waals surface area (Å²) in [6, 6.07) is 13.6. The van der Waals surface area contributed by atoms with Crippen molar-refractivity contribution in [2.75, 3.05) is 0 Å². The van der Waals surface area contributed by atoms with Gasteiger partial charge in [0.1, 0.15) is 0 Å². The number of hydrogen-bond donors (Lipinski definition) is 3. The topological polar surface area (TPSA) is 82.5 Å². The molecule has 0 radical (unpaired) electrons. The van der Waals surface area contributed by atoms with Crippen LogP contribution in [0.2, 0.25) is 0 Å². The first-order valence-corrected chi connectivity index (χ1v) is 8.46. The van der Waals surface area contributed by atoms with Gasteiger partial charge in [0.05, 0.1) is 0 Å². The van der Waals surface area contributed by atoms with E-state index in [1.807, 2.05) is 18.2 Å². The summed E-state index contributed by atoms with van der Waals surface area (Å²) in [5, 5.41) is 3.45. The van der Waals surface area contributed by atoms with Crippen molar-refractivity contribution in [1.29, 1.82) is 0 Å². The van der Waals surface area contributed by atoms with Crippen molar-refractivity contribution in [2.24, 2.45) is 0 Å². The number of fused-ring (bicyclic) bond motifs is 1. The summed E-state index contributed by atoms with van der Waals surface area (Å²) in [6.45, 7) is 0.682. The van der Waals surface area contributed by atoms with Crippen molar-refractivity contribution in [3.63, 3.8) is 0 Å². The van der Waals surface area contributed by atoms with Gasteiger partial charge in [-0.3, -0.25) is 4.57 Å². The van der Waals surface area contributed by atoms with Crippen molar-refractivity contribution in [3.8, 4) is 0 Å². The molecule has 0 saturated heterocycles. The second kappa shape index (κ2) is 5.70. The Morgan fingerprint density at radius 1 is 1.19 bits per heavy atom. The van der Waals surface area contributed by atoms with E-state index in [1.54, 1.807) is 6.07 Å². The fraction of sp³-hybridized carbons (Fsp3) is 0.267. The lowest BCUT2D eigenvalue weighted by Gasteiger charge is -2.26. The van der Waals surface area contributed by atoms with Gasteiger partial charge in [0.2, 0.25) is 0 Å². The Morgan fingerprint density at radius 3 is 2.67 bits per heavy atom. The average Bonchev–Trinajstić information content (AvgIpc) is 2.46. The summed E-state index contributed by atoms with van der Waals surface area (Å²) >= 11 is 0. The van der Waals surface area contributed by atoms with E-state index in [-0.39, 0.29) is 11.5 Å². The zero-order valence-corrected chi connectivity index (χ0v) is 12.3. The number of nitrogens with one attached hydrogen (secondary N) is 1. The molecule has 3 rings (SSSR count). The highest BCUT2D eigenvalue weighted by atomic mass is 31.2. The van der Waals surface area contributed by atoms with Crippen LogP contribution in [0.15, 0.2) is 42.5 Å². The number of nitrogens with zero attached hydrogens (tertiary/aromatic N) is 1. The number of pyridine rings is 1. The lowest BCUT2D eigenvalue weighted by molar-refractivity contribution is 0.385. The molecule has 0 fully saturated rings. The van der Waals surface area contributed by atoms with E-state index in [2.05, 4.69) is 22.4 Å². The molecule has 2 aromatic rings. The third kappa shape index (κ3) is 3.39. The number of aromatic nitrogens is 1. The summed E-state index contributed by atoms with van der Waals surface area (Å²) < 4.78 is 11.3. The molecule has 1 aliphatic rings. The van der Waals surface area contributed by atoms with Crippen LogP contribution in [0.25, 0.3) is 0 Å². The highest BCUT2D eigenvalue weighted by Crippen LogP contribution is 2.32. The summed E-state index contributed by atoms with van der Waals surface area (Å²) in [5.41, 5.74) is 2.90. The van der Waals surface area contributed by atoms with Crippen molar-refractivity contribution < 1.29 is 14.4 Å². The van der Waals surface area contributed by atoms with Crippen LogP contribution in [0.1, 0.15) is 16.8 Å². The number of hydrogen-bond acceptors (Lipinski definition) is 3. The van der Waals surface area contributed by atoms with Crippen LogP contribution in [-0.2, 0) is 24.0 Å². The van der Waals surface area contributed by atoms with E-state index in [9.17, 15) is 14.4 Å². The maximum Gasteiger partial charge on any atom is 0.374 e. The molecule has 0 amide bonds. The predicted molar refractivity (Wildman–Crippen MR) is 80.4 cm³/mol. The third-order valence-electron chi connectivity index (χ3n) is 3.70. The molecule has 2 heterocycles. The first-order chi connectivity index (χ1) is 10.0. The average molecular weight is 304 g/mol. The fourth-order valence-electron chi connectivity index (χ4n) is 2.62. The smallest absolute Gasteiger partial charge is 0.320 e. The second-order valence-electron chi connectivity index (χ2n) is 5.29. The maximum absolute atomic E-state index is 11.3. The molecular formula is C15H17N2O3P. The Morgan fingerprint density at radius 2 is 1.95 bits per heavy atom. The van der Waals surface area contributed by atoms with Gasteiger partial charge < -0.3 is 15.1 Å². The molecule has 110 valence electrons. The molecule has 21 heavy (non-hydrogen) atoms. The normalized spacial score (nSPS) is 18.3. The van der Waals surface area contributed by atoms with Crippen LogP contribution in [-0.4, -0.2) is 20.8 Å². The SMILES string of the molecule is O=P(O)(O)c1ccc2c(n1)CC(Cc1ccccc1)NC2. The minimum absolute atomic E-state index is 0.137. The van der Waals surface area contributed by atoms with Gasteiger partial charge in [-0.2, -0.15) is 0 Å². The maximum atomic E-state index is 11.3. The molecular weight excluding hydrogens is 287 g/mol. The summed E-state index contributed by atoms with van der Waals surface area (Å²) in [5.74, 6) is 0. The molecule has 1 aliphatic heterocycles. The largest absolute Gasteiger partial charge is 0.374 e. The molecule has 1 unspecified atom stereocenters. The Hall–Kier alpha value is -1.52. The molecule has 0 saturated carbocycles. The highest BCUT2D eigenvalue weighted by molar-refractivity contribution is 7.60. The van der Waals surface area contributed by atoms with Gasteiger partial charge in [-0.15, -0.1) is 0 Å². The summed E-state index contributed by atoms with van der Waals surface area (Å²) in [7, 11) is -4.28. The first-order valence-electron chi connectivity index (χ1n) is 6.84. The van der Waals surface area contributed by atoms with Gasteiger partial charge in [-0.25, -0.2) is 4.98 Å². The molecule has 5 nitrogen and oxygen atoms in total. The van der Waals surface area contributed by atoms with Crippen molar-refractivity contribution >= 4 is 13.0 Å². The van der Waals surface area contributed by atoms with Gasteiger partial charge in [0.25, 0.3) is 0 Å². The van der Waals surface area contributed by atoms with Crippen LogP contribution < -0.4 is 10.8 Å². The summed E-state index contributed by atoms with van der Waals surface area (Å²) in [4.78, 5) is 22.6. The Bertz CT molecular complexity index is 685.